The van der Waals surface area contributed by atoms with E-state index < -0.39 is 36.2 Å². The monoisotopic (exact) mass is 297 g/mol. The molecule has 1 aliphatic rings. The molecule has 4 atom stereocenters. The molecule has 114 valence electrons. The second kappa shape index (κ2) is 4.49. The molecule has 0 amide bonds. The number of H-pyrrole nitrogens is 1. The van der Waals surface area contributed by atoms with E-state index in [1.807, 2.05) is 0 Å². The highest BCUT2D eigenvalue weighted by molar-refractivity contribution is 5.70. The highest BCUT2D eigenvalue weighted by Gasteiger charge is 2.53. The SMILES string of the molecule is C[C@]1(O)C(O)[C@@H](CO)O[C@H]1n1cnc2c(=O)[nH]c(N)nc21. The Hall–Kier alpha value is -2.01. The maximum atomic E-state index is 11.7. The van der Waals surface area contributed by atoms with Crippen molar-refractivity contribution in [3.8, 4) is 0 Å². The van der Waals surface area contributed by atoms with Crippen LogP contribution in [0.2, 0.25) is 0 Å². The lowest BCUT2D eigenvalue weighted by atomic mass is 9.96. The van der Waals surface area contributed by atoms with Crippen molar-refractivity contribution in [3.05, 3.63) is 16.7 Å². The van der Waals surface area contributed by atoms with Gasteiger partial charge in [-0.05, 0) is 6.92 Å². The Labute approximate surface area is 117 Å². The van der Waals surface area contributed by atoms with Crippen LogP contribution in [-0.2, 0) is 4.74 Å². The zero-order chi connectivity index (χ0) is 15.4. The first kappa shape index (κ1) is 13.9. The lowest BCUT2D eigenvalue weighted by Crippen LogP contribution is -2.44. The standard InChI is InChI=1S/C11H15N5O5/c1-11(20)6(18)4(2-17)21-9(11)16-3-13-5-7(16)14-10(12)15-8(5)19/h3-4,6,9,17-18,20H,2H2,1H3,(H3,12,14,15,19)/t4-,6?,9-,11+/m1/s1. The first-order valence-corrected chi connectivity index (χ1v) is 6.25. The van der Waals surface area contributed by atoms with E-state index in [-0.39, 0.29) is 17.1 Å². The Kier molecular flexibility index (Phi) is 2.99. The average molecular weight is 297 g/mol. The number of nitrogens with one attached hydrogen (secondary N) is 1. The highest BCUT2D eigenvalue weighted by atomic mass is 16.6. The number of nitrogens with two attached hydrogens (primary N) is 1. The van der Waals surface area contributed by atoms with Crippen molar-refractivity contribution in [2.45, 2.75) is 31.0 Å². The van der Waals surface area contributed by atoms with Gasteiger partial charge in [0.2, 0.25) is 5.95 Å². The molecule has 0 aromatic carbocycles. The van der Waals surface area contributed by atoms with Crippen molar-refractivity contribution in [2.75, 3.05) is 12.3 Å². The van der Waals surface area contributed by atoms with Gasteiger partial charge in [0.25, 0.3) is 5.56 Å². The molecule has 21 heavy (non-hydrogen) atoms. The predicted octanol–water partition coefficient (Wildman–Crippen LogP) is -2.30. The van der Waals surface area contributed by atoms with E-state index >= 15 is 0 Å². The molecule has 2 aromatic heterocycles. The molecule has 1 saturated heterocycles. The van der Waals surface area contributed by atoms with Gasteiger partial charge in [-0.2, -0.15) is 4.98 Å². The van der Waals surface area contributed by atoms with Gasteiger partial charge in [0.05, 0.1) is 12.9 Å². The van der Waals surface area contributed by atoms with E-state index in [0.29, 0.717) is 0 Å². The molecule has 0 spiro atoms. The first-order chi connectivity index (χ1) is 9.86. The number of aromatic amines is 1. The molecule has 0 bridgehead atoms. The number of nitrogen functional groups attached to an aromatic ring is 1. The Morgan fingerprint density at radius 2 is 2.33 bits per heavy atom. The summed E-state index contributed by atoms with van der Waals surface area (Å²) in [6.07, 6.45) is -2.06. The third-order valence-electron chi connectivity index (χ3n) is 3.64. The first-order valence-electron chi connectivity index (χ1n) is 6.25. The van der Waals surface area contributed by atoms with Crippen LogP contribution >= 0.6 is 0 Å². The van der Waals surface area contributed by atoms with Crippen molar-refractivity contribution in [2.24, 2.45) is 0 Å². The van der Waals surface area contributed by atoms with Crippen LogP contribution in [0.1, 0.15) is 13.2 Å². The van der Waals surface area contributed by atoms with Gasteiger partial charge in [-0.15, -0.1) is 0 Å². The zero-order valence-electron chi connectivity index (χ0n) is 11.1. The number of nitrogens with zero attached hydrogens (tertiary/aromatic N) is 3. The maximum Gasteiger partial charge on any atom is 0.280 e. The highest BCUT2D eigenvalue weighted by Crippen LogP contribution is 2.38. The summed E-state index contributed by atoms with van der Waals surface area (Å²) in [4.78, 5) is 21.9. The number of fused-ring (bicyclic) bond motifs is 1. The van der Waals surface area contributed by atoms with Crippen LogP contribution in [0.5, 0.6) is 0 Å². The fourth-order valence-corrected chi connectivity index (χ4v) is 2.50. The smallest absolute Gasteiger partial charge is 0.280 e. The molecule has 2 aromatic rings. The summed E-state index contributed by atoms with van der Waals surface area (Å²) in [5.74, 6) is -0.105. The van der Waals surface area contributed by atoms with Crippen LogP contribution < -0.4 is 11.3 Å². The molecule has 0 aliphatic carbocycles. The quantitative estimate of drug-likeness (QED) is 0.414. The van der Waals surface area contributed by atoms with Gasteiger partial charge >= 0.3 is 0 Å². The number of aromatic nitrogens is 4. The maximum absolute atomic E-state index is 11.7. The summed E-state index contributed by atoms with van der Waals surface area (Å²) >= 11 is 0. The number of imidazole rings is 1. The number of rotatable bonds is 2. The number of aliphatic hydroxyl groups is 3. The van der Waals surface area contributed by atoms with Gasteiger partial charge in [-0.25, -0.2) is 4.98 Å². The largest absolute Gasteiger partial charge is 0.394 e. The van der Waals surface area contributed by atoms with Crippen molar-refractivity contribution in [3.63, 3.8) is 0 Å². The zero-order valence-corrected chi connectivity index (χ0v) is 11.1. The lowest BCUT2D eigenvalue weighted by Gasteiger charge is -2.27. The van der Waals surface area contributed by atoms with E-state index in [1.165, 1.54) is 17.8 Å². The van der Waals surface area contributed by atoms with Crippen molar-refractivity contribution < 1.29 is 20.1 Å². The van der Waals surface area contributed by atoms with E-state index in [2.05, 4.69) is 15.0 Å². The summed E-state index contributed by atoms with van der Waals surface area (Å²) in [7, 11) is 0. The number of hydrogen-bond acceptors (Lipinski definition) is 8. The van der Waals surface area contributed by atoms with Crippen LogP contribution in [0, 0.1) is 0 Å². The summed E-state index contributed by atoms with van der Waals surface area (Å²) < 4.78 is 6.76. The van der Waals surface area contributed by atoms with Gasteiger partial charge < -0.3 is 25.8 Å². The molecular formula is C11H15N5O5. The Morgan fingerprint density at radius 1 is 1.62 bits per heavy atom. The number of hydrogen-bond donors (Lipinski definition) is 5. The topological polar surface area (TPSA) is 160 Å². The van der Waals surface area contributed by atoms with Crippen molar-refractivity contribution in [1.29, 1.82) is 0 Å². The van der Waals surface area contributed by atoms with Gasteiger partial charge in [0.15, 0.2) is 17.4 Å². The van der Waals surface area contributed by atoms with Gasteiger partial charge in [0.1, 0.15) is 17.8 Å². The van der Waals surface area contributed by atoms with E-state index in [9.17, 15) is 20.1 Å². The third kappa shape index (κ3) is 1.92. The fraction of sp³-hybridized carbons (Fsp3) is 0.545. The molecule has 1 aliphatic heterocycles. The molecule has 0 saturated carbocycles. The fourth-order valence-electron chi connectivity index (χ4n) is 2.50. The third-order valence-corrected chi connectivity index (χ3v) is 3.64. The minimum Gasteiger partial charge on any atom is -0.394 e. The molecular weight excluding hydrogens is 282 g/mol. The summed E-state index contributed by atoms with van der Waals surface area (Å²) in [6, 6.07) is 0. The van der Waals surface area contributed by atoms with Crippen LogP contribution in [0.4, 0.5) is 5.95 Å². The predicted molar refractivity (Wildman–Crippen MR) is 70.2 cm³/mol. The Balaban J connectivity index is 2.15. The van der Waals surface area contributed by atoms with E-state index in [0.717, 1.165) is 0 Å². The van der Waals surface area contributed by atoms with Gasteiger partial charge in [0, 0.05) is 0 Å². The lowest BCUT2D eigenvalue weighted by molar-refractivity contribution is -0.0950. The van der Waals surface area contributed by atoms with Crippen molar-refractivity contribution in [1.82, 2.24) is 19.5 Å². The van der Waals surface area contributed by atoms with Crippen LogP contribution in [0.15, 0.2) is 11.1 Å². The second-order valence-electron chi connectivity index (χ2n) is 5.16. The van der Waals surface area contributed by atoms with Gasteiger partial charge in [-0.3, -0.25) is 14.3 Å². The van der Waals surface area contributed by atoms with Crippen LogP contribution in [-0.4, -0.2) is 59.3 Å². The number of ether oxygens (including phenoxy) is 1. The summed E-state index contributed by atoms with van der Waals surface area (Å²) in [5, 5.41) is 29.6. The second-order valence-corrected chi connectivity index (χ2v) is 5.16. The molecule has 10 nitrogen and oxygen atoms in total. The molecule has 0 radical (unpaired) electrons. The number of aliphatic hydroxyl groups excluding tert-OH is 2. The molecule has 1 unspecified atom stereocenters. The molecule has 3 heterocycles. The van der Waals surface area contributed by atoms with E-state index in [4.69, 9.17) is 10.5 Å². The number of anilines is 1. The molecule has 10 heteroatoms. The molecule has 1 fully saturated rings. The minimum atomic E-state index is -1.69. The Bertz CT molecular complexity index is 738. The normalized spacial score (nSPS) is 32.9. The van der Waals surface area contributed by atoms with Crippen LogP contribution in [0.25, 0.3) is 11.2 Å². The molecule has 6 N–H and O–H groups in total. The van der Waals surface area contributed by atoms with Crippen LogP contribution in [0.3, 0.4) is 0 Å². The Morgan fingerprint density at radius 3 is 2.95 bits per heavy atom. The summed E-state index contributed by atoms with van der Waals surface area (Å²) in [5.41, 5.74) is 3.44. The molecule has 3 rings (SSSR count). The van der Waals surface area contributed by atoms with Crippen molar-refractivity contribution >= 4 is 17.1 Å². The van der Waals surface area contributed by atoms with E-state index in [1.54, 1.807) is 0 Å². The van der Waals surface area contributed by atoms with Gasteiger partial charge in [-0.1, -0.05) is 0 Å². The minimum absolute atomic E-state index is 0.0329. The average Bonchev–Trinajstić information content (AvgIpc) is 2.91. The summed E-state index contributed by atoms with van der Waals surface area (Å²) in [6.45, 7) is 0.900.